The lowest BCUT2D eigenvalue weighted by Crippen LogP contribution is -1.95. The first kappa shape index (κ1) is 16.1. The molecule has 0 unspecified atom stereocenters. The van der Waals surface area contributed by atoms with Crippen molar-refractivity contribution in [2.45, 2.75) is 0 Å². The number of nitrogens with zero attached hydrogens (tertiary/aromatic N) is 4. The predicted octanol–water partition coefficient (Wildman–Crippen LogP) is 4.82. The molecule has 0 atom stereocenters. The molecule has 0 aliphatic carbocycles. The van der Waals surface area contributed by atoms with Gasteiger partial charge in [-0.1, -0.05) is 10.3 Å². The third-order valence-electron chi connectivity index (χ3n) is 4.26. The molecule has 8 heteroatoms. The molecule has 2 aromatic carbocycles. The van der Waals surface area contributed by atoms with Crippen LogP contribution in [0.15, 0.2) is 76.2 Å². The van der Waals surface area contributed by atoms with Gasteiger partial charge in [-0.05, 0) is 48.5 Å². The average Bonchev–Trinajstić information content (AvgIpc) is 3.40. The molecule has 0 aliphatic heterocycles. The summed E-state index contributed by atoms with van der Waals surface area (Å²) in [6.07, 6.45) is 3.00. The van der Waals surface area contributed by atoms with Gasteiger partial charge in [-0.2, -0.15) is 4.98 Å². The smallest absolute Gasteiger partial charge is 0.263 e. The highest BCUT2D eigenvalue weighted by Crippen LogP contribution is 2.33. The Morgan fingerprint density at radius 3 is 2.36 bits per heavy atom. The first-order chi connectivity index (χ1) is 13.8. The number of hydrogen-bond donors (Lipinski definition) is 1. The number of hydrogen-bond acceptors (Lipinski definition) is 7. The number of benzene rings is 2. The summed E-state index contributed by atoms with van der Waals surface area (Å²) >= 11 is 0. The zero-order valence-electron chi connectivity index (χ0n) is 14.3. The minimum absolute atomic E-state index is 0.321. The van der Waals surface area contributed by atoms with Crippen molar-refractivity contribution >= 4 is 22.6 Å². The molecule has 0 bridgehead atoms. The molecule has 0 amide bonds. The number of halogens is 1. The SMILES string of the molecule is Fc1ccc(-c2noc3ncnc(Nc4ccc(-c5ccno5)cc4)c23)cc1. The second-order valence-electron chi connectivity index (χ2n) is 6.02. The monoisotopic (exact) mass is 373 g/mol. The number of aromatic nitrogens is 4. The Hall–Kier alpha value is -4.07. The van der Waals surface area contributed by atoms with Crippen LogP contribution in [-0.4, -0.2) is 20.3 Å². The molecule has 0 aliphatic rings. The molecule has 28 heavy (non-hydrogen) atoms. The quantitative estimate of drug-likeness (QED) is 0.483. The van der Waals surface area contributed by atoms with Crippen LogP contribution in [0.1, 0.15) is 0 Å². The van der Waals surface area contributed by atoms with Gasteiger partial charge in [0.1, 0.15) is 29.0 Å². The largest absolute Gasteiger partial charge is 0.356 e. The summed E-state index contributed by atoms with van der Waals surface area (Å²) in [6, 6.07) is 15.4. The lowest BCUT2D eigenvalue weighted by Gasteiger charge is -2.07. The van der Waals surface area contributed by atoms with Gasteiger partial charge in [-0.3, -0.25) is 0 Å². The van der Waals surface area contributed by atoms with Crippen LogP contribution in [0.4, 0.5) is 15.9 Å². The van der Waals surface area contributed by atoms with Gasteiger partial charge in [-0.25, -0.2) is 9.37 Å². The maximum absolute atomic E-state index is 13.3. The van der Waals surface area contributed by atoms with Crippen LogP contribution in [0.25, 0.3) is 33.7 Å². The highest BCUT2D eigenvalue weighted by Gasteiger charge is 2.17. The fraction of sp³-hybridized carbons (Fsp3) is 0. The molecule has 3 heterocycles. The molecule has 5 rings (SSSR count). The molecule has 0 spiro atoms. The minimum atomic E-state index is -0.321. The highest BCUT2D eigenvalue weighted by atomic mass is 19.1. The molecular formula is C20H12FN5O2. The van der Waals surface area contributed by atoms with E-state index in [1.807, 2.05) is 24.3 Å². The Morgan fingerprint density at radius 1 is 0.821 bits per heavy atom. The number of rotatable bonds is 4. The molecule has 1 N–H and O–H groups in total. The molecular weight excluding hydrogens is 361 g/mol. The third-order valence-corrected chi connectivity index (χ3v) is 4.26. The van der Waals surface area contributed by atoms with Crippen molar-refractivity contribution in [3.05, 3.63) is 72.9 Å². The summed E-state index contributed by atoms with van der Waals surface area (Å²) in [5.41, 5.74) is 3.31. The normalized spacial score (nSPS) is 11.0. The van der Waals surface area contributed by atoms with E-state index >= 15 is 0 Å². The van der Waals surface area contributed by atoms with Crippen LogP contribution < -0.4 is 5.32 Å². The standard InChI is InChI=1S/C20H12FN5O2/c21-14-5-1-13(2-6-14)18-17-19(22-11-23-20(17)28-26-18)25-15-7-3-12(4-8-15)16-9-10-24-27-16/h1-11H,(H,22,23,25). The Bertz CT molecular complexity index is 1230. The van der Waals surface area contributed by atoms with E-state index in [0.717, 1.165) is 11.3 Å². The van der Waals surface area contributed by atoms with Crippen LogP contribution in [0.2, 0.25) is 0 Å². The van der Waals surface area contributed by atoms with E-state index in [-0.39, 0.29) is 5.82 Å². The third kappa shape index (κ3) is 2.86. The van der Waals surface area contributed by atoms with Gasteiger partial charge < -0.3 is 14.4 Å². The van der Waals surface area contributed by atoms with E-state index in [1.54, 1.807) is 24.4 Å². The summed E-state index contributed by atoms with van der Waals surface area (Å²) in [6.45, 7) is 0. The molecule has 136 valence electrons. The molecule has 0 saturated carbocycles. The van der Waals surface area contributed by atoms with Crippen molar-refractivity contribution in [3.8, 4) is 22.6 Å². The van der Waals surface area contributed by atoms with Gasteiger partial charge in [0.15, 0.2) is 5.76 Å². The van der Waals surface area contributed by atoms with Gasteiger partial charge in [0.05, 0.1) is 6.20 Å². The van der Waals surface area contributed by atoms with Crippen LogP contribution in [0.5, 0.6) is 0 Å². The van der Waals surface area contributed by atoms with E-state index in [0.29, 0.717) is 33.9 Å². The van der Waals surface area contributed by atoms with Crippen LogP contribution in [0.3, 0.4) is 0 Å². The zero-order chi connectivity index (χ0) is 18.9. The highest BCUT2D eigenvalue weighted by molar-refractivity contribution is 5.98. The summed E-state index contributed by atoms with van der Waals surface area (Å²) in [4.78, 5) is 8.45. The first-order valence-electron chi connectivity index (χ1n) is 8.42. The van der Waals surface area contributed by atoms with Crippen molar-refractivity contribution in [3.63, 3.8) is 0 Å². The molecule has 0 fully saturated rings. The van der Waals surface area contributed by atoms with E-state index in [9.17, 15) is 4.39 Å². The van der Waals surface area contributed by atoms with Crippen molar-refractivity contribution < 1.29 is 13.4 Å². The van der Waals surface area contributed by atoms with E-state index in [4.69, 9.17) is 9.05 Å². The Balaban J connectivity index is 1.52. The Kier molecular flexibility index (Phi) is 3.79. The van der Waals surface area contributed by atoms with Crippen molar-refractivity contribution in [1.82, 2.24) is 20.3 Å². The average molecular weight is 373 g/mol. The Morgan fingerprint density at radius 2 is 1.61 bits per heavy atom. The van der Waals surface area contributed by atoms with Gasteiger partial charge in [0.2, 0.25) is 0 Å². The molecule has 3 aromatic heterocycles. The topological polar surface area (TPSA) is 89.9 Å². The summed E-state index contributed by atoms with van der Waals surface area (Å²) < 4.78 is 23.7. The summed E-state index contributed by atoms with van der Waals surface area (Å²) in [5.74, 6) is 0.907. The molecule has 5 aromatic rings. The van der Waals surface area contributed by atoms with Gasteiger partial charge in [-0.15, -0.1) is 0 Å². The lowest BCUT2D eigenvalue weighted by molar-refractivity contribution is 0.432. The zero-order valence-corrected chi connectivity index (χ0v) is 14.3. The molecule has 0 radical (unpaired) electrons. The van der Waals surface area contributed by atoms with Crippen molar-refractivity contribution in [2.75, 3.05) is 5.32 Å². The molecule has 7 nitrogen and oxygen atoms in total. The second kappa shape index (κ2) is 6.58. The fourth-order valence-electron chi connectivity index (χ4n) is 2.91. The number of fused-ring (bicyclic) bond motifs is 1. The van der Waals surface area contributed by atoms with E-state index in [2.05, 4.69) is 25.6 Å². The molecule has 0 saturated heterocycles. The van der Waals surface area contributed by atoms with Gasteiger partial charge in [0, 0.05) is 22.9 Å². The Labute approximate surface area is 157 Å². The van der Waals surface area contributed by atoms with Gasteiger partial charge >= 0.3 is 0 Å². The maximum Gasteiger partial charge on any atom is 0.263 e. The van der Waals surface area contributed by atoms with Crippen LogP contribution in [-0.2, 0) is 0 Å². The fourth-order valence-corrected chi connectivity index (χ4v) is 2.91. The lowest BCUT2D eigenvalue weighted by atomic mass is 10.1. The van der Waals surface area contributed by atoms with E-state index in [1.165, 1.54) is 18.5 Å². The number of nitrogens with one attached hydrogen (secondary N) is 1. The predicted molar refractivity (Wildman–Crippen MR) is 100 cm³/mol. The van der Waals surface area contributed by atoms with Crippen molar-refractivity contribution in [1.29, 1.82) is 0 Å². The summed E-state index contributed by atoms with van der Waals surface area (Å²) in [7, 11) is 0. The van der Waals surface area contributed by atoms with Crippen LogP contribution >= 0.6 is 0 Å². The van der Waals surface area contributed by atoms with Crippen molar-refractivity contribution in [2.24, 2.45) is 0 Å². The van der Waals surface area contributed by atoms with E-state index < -0.39 is 0 Å². The first-order valence-corrected chi connectivity index (χ1v) is 8.42. The van der Waals surface area contributed by atoms with Crippen LogP contribution in [0, 0.1) is 5.82 Å². The second-order valence-corrected chi connectivity index (χ2v) is 6.02. The maximum atomic E-state index is 13.3. The minimum Gasteiger partial charge on any atom is -0.356 e. The summed E-state index contributed by atoms with van der Waals surface area (Å²) in [5, 5.41) is 11.7. The number of anilines is 2. The van der Waals surface area contributed by atoms with Gasteiger partial charge in [0.25, 0.3) is 5.71 Å².